The van der Waals surface area contributed by atoms with Gasteiger partial charge in [-0.3, -0.25) is 4.90 Å². The molecule has 0 bridgehead atoms. The Hall–Kier alpha value is -0.0800. The first-order chi connectivity index (χ1) is 7.79. The molecule has 1 atom stereocenters. The van der Waals surface area contributed by atoms with Crippen LogP contribution >= 0.6 is 0 Å². The molecular weight excluding hydrogens is 196 g/mol. The van der Waals surface area contributed by atoms with Crippen LogP contribution in [-0.4, -0.2) is 37.1 Å². The van der Waals surface area contributed by atoms with E-state index in [4.69, 9.17) is 0 Å². The van der Waals surface area contributed by atoms with E-state index in [2.05, 4.69) is 24.1 Å². The van der Waals surface area contributed by atoms with Crippen LogP contribution in [0.2, 0.25) is 0 Å². The van der Waals surface area contributed by atoms with E-state index >= 15 is 0 Å². The average molecular weight is 224 g/mol. The van der Waals surface area contributed by atoms with Gasteiger partial charge in [-0.1, -0.05) is 26.7 Å². The van der Waals surface area contributed by atoms with Gasteiger partial charge in [0.1, 0.15) is 0 Å². The van der Waals surface area contributed by atoms with Gasteiger partial charge in [0, 0.05) is 12.6 Å². The lowest BCUT2D eigenvalue weighted by Crippen LogP contribution is -2.50. The molecule has 16 heavy (non-hydrogen) atoms. The number of hydrogen-bond acceptors (Lipinski definition) is 2. The van der Waals surface area contributed by atoms with E-state index in [0.29, 0.717) is 5.41 Å². The summed E-state index contributed by atoms with van der Waals surface area (Å²) in [5.41, 5.74) is 0.679. The Labute approximate surface area is 101 Å². The minimum absolute atomic E-state index is 0.679. The SMILES string of the molecule is CCC1(CC)CCN(C2CCCNC2)CC1. The number of nitrogens with zero attached hydrogens (tertiary/aromatic N) is 1. The maximum Gasteiger partial charge on any atom is 0.0221 e. The molecule has 2 heterocycles. The topological polar surface area (TPSA) is 15.3 Å². The number of piperidine rings is 2. The Balaban J connectivity index is 1.84. The Morgan fingerprint density at radius 3 is 2.38 bits per heavy atom. The zero-order valence-corrected chi connectivity index (χ0v) is 11.1. The molecule has 2 saturated heterocycles. The fourth-order valence-corrected chi connectivity index (χ4v) is 3.47. The Kier molecular flexibility index (Phi) is 4.26. The van der Waals surface area contributed by atoms with Gasteiger partial charge in [0.15, 0.2) is 0 Å². The second-order valence-electron chi connectivity index (χ2n) is 5.74. The molecule has 0 aromatic rings. The maximum atomic E-state index is 3.54. The average Bonchev–Trinajstić information content (AvgIpc) is 2.40. The third-order valence-electron chi connectivity index (χ3n) is 5.15. The molecule has 2 aliphatic heterocycles. The van der Waals surface area contributed by atoms with Crippen LogP contribution in [0, 0.1) is 5.41 Å². The zero-order chi connectivity index (χ0) is 11.4. The molecule has 1 unspecified atom stereocenters. The summed E-state index contributed by atoms with van der Waals surface area (Å²) in [6.45, 7) is 9.90. The molecule has 0 spiro atoms. The highest BCUT2D eigenvalue weighted by atomic mass is 15.2. The standard InChI is InChI=1S/C14H28N2/c1-3-14(4-2)7-10-16(11-8-14)13-6-5-9-15-12-13/h13,15H,3-12H2,1-2H3. The van der Waals surface area contributed by atoms with Crippen LogP contribution < -0.4 is 5.32 Å². The van der Waals surface area contributed by atoms with Gasteiger partial charge < -0.3 is 5.32 Å². The van der Waals surface area contributed by atoms with Gasteiger partial charge in [0.25, 0.3) is 0 Å². The molecule has 0 aliphatic carbocycles. The minimum atomic E-state index is 0.679. The van der Waals surface area contributed by atoms with Crippen molar-refractivity contribution in [2.24, 2.45) is 5.41 Å². The van der Waals surface area contributed by atoms with E-state index in [9.17, 15) is 0 Å². The quantitative estimate of drug-likeness (QED) is 0.793. The van der Waals surface area contributed by atoms with Crippen molar-refractivity contribution in [3.05, 3.63) is 0 Å². The van der Waals surface area contributed by atoms with E-state index < -0.39 is 0 Å². The van der Waals surface area contributed by atoms with Crippen LogP contribution in [0.15, 0.2) is 0 Å². The van der Waals surface area contributed by atoms with E-state index in [0.717, 1.165) is 6.04 Å². The van der Waals surface area contributed by atoms with Crippen LogP contribution in [0.5, 0.6) is 0 Å². The molecule has 0 radical (unpaired) electrons. The van der Waals surface area contributed by atoms with Gasteiger partial charge in [-0.05, 0) is 50.7 Å². The van der Waals surface area contributed by atoms with Crippen LogP contribution in [0.25, 0.3) is 0 Å². The van der Waals surface area contributed by atoms with Crippen molar-refractivity contribution in [3.8, 4) is 0 Å². The molecule has 0 amide bonds. The summed E-state index contributed by atoms with van der Waals surface area (Å²) in [7, 11) is 0. The summed E-state index contributed by atoms with van der Waals surface area (Å²) >= 11 is 0. The molecule has 2 aliphatic rings. The summed E-state index contributed by atoms with van der Waals surface area (Å²) in [6, 6.07) is 0.834. The molecule has 0 aromatic carbocycles. The third-order valence-corrected chi connectivity index (χ3v) is 5.15. The summed E-state index contributed by atoms with van der Waals surface area (Å²) in [6.07, 6.45) is 8.39. The van der Waals surface area contributed by atoms with Gasteiger partial charge in [0.05, 0.1) is 0 Å². The fraction of sp³-hybridized carbons (Fsp3) is 1.00. The molecule has 0 aromatic heterocycles. The first-order valence-electron chi connectivity index (χ1n) is 7.24. The zero-order valence-electron chi connectivity index (χ0n) is 11.1. The van der Waals surface area contributed by atoms with Crippen molar-refractivity contribution in [2.75, 3.05) is 26.2 Å². The monoisotopic (exact) mass is 224 g/mol. The normalized spacial score (nSPS) is 31.5. The highest BCUT2D eigenvalue weighted by Crippen LogP contribution is 2.38. The van der Waals surface area contributed by atoms with Gasteiger partial charge in [0.2, 0.25) is 0 Å². The van der Waals surface area contributed by atoms with Crippen LogP contribution in [0.3, 0.4) is 0 Å². The van der Waals surface area contributed by atoms with Crippen LogP contribution in [0.4, 0.5) is 0 Å². The summed E-state index contributed by atoms with van der Waals surface area (Å²) in [5, 5.41) is 3.54. The largest absolute Gasteiger partial charge is 0.315 e. The van der Waals surface area contributed by atoms with Crippen molar-refractivity contribution in [1.82, 2.24) is 10.2 Å². The summed E-state index contributed by atoms with van der Waals surface area (Å²) < 4.78 is 0. The van der Waals surface area contributed by atoms with E-state index in [1.807, 2.05) is 0 Å². The number of hydrogen-bond donors (Lipinski definition) is 1. The lowest BCUT2D eigenvalue weighted by Gasteiger charge is -2.45. The molecule has 2 rings (SSSR count). The molecular formula is C14H28N2. The lowest BCUT2D eigenvalue weighted by molar-refractivity contribution is 0.0576. The molecule has 1 N–H and O–H groups in total. The van der Waals surface area contributed by atoms with Crippen molar-refractivity contribution < 1.29 is 0 Å². The molecule has 2 heteroatoms. The number of likely N-dealkylation sites (tertiary alicyclic amines) is 1. The van der Waals surface area contributed by atoms with Crippen LogP contribution in [-0.2, 0) is 0 Å². The number of rotatable bonds is 3. The van der Waals surface area contributed by atoms with Crippen LogP contribution in [0.1, 0.15) is 52.4 Å². The highest BCUT2D eigenvalue weighted by Gasteiger charge is 2.33. The Morgan fingerprint density at radius 1 is 1.19 bits per heavy atom. The van der Waals surface area contributed by atoms with Crippen molar-refractivity contribution in [3.63, 3.8) is 0 Å². The van der Waals surface area contributed by atoms with Gasteiger partial charge in [-0.25, -0.2) is 0 Å². The molecule has 0 saturated carbocycles. The molecule has 2 nitrogen and oxygen atoms in total. The third kappa shape index (κ3) is 2.60. The summed E-state index contributed by atoms with van der Waals surface area (Å²) in [4.78, 5) is 2.75. The lowest BCUT2D eigenvalue weighted by atomic mass is 9.74. The van der Waals surface area contributed by atoms with Crippen molar-refractivity contribution >= 4 is 0 Å². The van der Waals surface area contributed by atoms with E-state index in [-0.39, 0.29) is 0 Å². The second kappa shape index (κ2) is 5.50. The molecule has 94 valence electrons. The summed E-state index contributed by atoms with van der Waals surface area (Å²) in [5.74, 6) is 0. The van der Waals surface area contributed by atoms with Gasteiger partial charge in [-0.15, -0.1) is 0 Å². The van der Waals surface area contributed by atoms with Crippen molar-refractivity contribution in [2.45, 2.75) is 58.4 Å². The van der Waals surface area contributed by atoms with E-state index in [1.54, 1.807) is 0 Å². The fourth-order valence-electron chi connectivity index (χ4n) is 3.47. The smallest absolute Gasteiger partial charge is 0.0221 e. The Morgan fingerprint density at radius 2 is 1.88 bits per heavy atom. The predicted octanol–water partition coefficient (Wildman–Crippen LogP) is 2.64. The highest BCUT2D eigenvalue weighted by molar-refractivity contribution is 4.88. The number of nitrogens with one attached hydrogen (secondary N) is 1. The first-order valence-corrected chi connectivity index (χ1v) is 7.24. The van der Waals surface area contributed by atoms with Crippen molar-refractivity contribution in [1.29, 1.82) is 0 Å². The Bertz CT molecular complexity index is 195. The predicted molar refractivity (Wildman–Crippen MR) is 69.7 cm³/mol. The van der Waals surface area contributed by atoms with Gasteiger partial charge in [-0.2, -0.15) is 0 Å². The maximum absolute atomic E-state index is 3.54. The second-order valence-corrected chi connectivity index (χ2v) is 5.74. The molecule has 2 fully saturated rings. The van der Waals surface area contributed by atoms with Gasteiger partial charge >= 0.3 is 0 Å². The van der Waals surface area contributed by atoms with E-state index in [1.165, 1.54) is 64.7 Å². The minimum Gasteiger partial charge on any atom is -0.315 e. The first kappa shape index (κ1) is 12.4.